The zero-order valence-corrected chi connectivity index (χ0v) is 13.1. The summed E-state index contributed by atoms with van der Waals surface area (Å²) in [6.07, 6.45) is 2.93. The number of rotatable bonds is 5. The van der Waals surface area contributed by atoms with E-state index in [1.54, 1.807) is 35.8 Å². The SMILES string of the molecule is CSCCC(C)N(C)C(=O)c1c(F)cccc1Br. The Morgan fingerprint density at radius 2 is 2.22 bits per heavy atom. The Balaban J connectivity index is 2.86. The van der Waals surface area contributed by atoms with Gasteiger partial charge >= 0.3 is 0 Å². The first-order valence-electron chi connectivity index (χ1n) is 5.69. The second kappa shape index (κ2) is 7.14. The van der Waals surface area contributed by atoms with E-state index in [1.807, 2.05) is 13.2 Å². The van der Waals surface area contributed by atoms with Crippen molar-refractivity contribution in [2.24, 2.45) is 0 Å². The van der Waals surface area contributed by atoms with Gasteiger partial charge in [0.1, 0.15) is 5.82 Å². The van der Waals surface area contributed by atoms with Gasteiger partial charge in [-0.2, -0.15) is 11.8 Å². The Hall–Kier alpha value is -0.550. The van der Waals surface area contributed by atoms with Crippen LogP contribution in [0.4, 0.5) is 4.39 Å². The summed E-state index contributed by atoms with van der Waals surface area (Å²) in [5, 5.41) is 0. The maximum atomic E-state index is 13.7. The van der Waals surface area contributed by atoms with E-state index in [9.17, 15) is 9.18 Å². The Kier molecular flexibility index (Phi) is 6.15. The molecule has 0 saturated carbocycles. The average Bonchev–Trinajstić information content (AvgIpc) is 2.34. The van der Waals surface area contributed by atoms with E-state index in [-0.39, 0.29) is 17.5 Å². The molecular formula is C13H17BrFNOS. The van der Waals surface area contributed by atoms with Crippen LogP contribution in [0.1, 0.15) is 23.7 Å². The summed E-state index contributed by atoms with van der Waals surface area (Å²) in [4.78, 5) is 13.8. The smallest absolute Gasteiger partial charge is 0.257 e. The van der Waals surface area contributed by atoms with Crippen molar-refractivity contribution in [2.75, 3.05) is 19.1 Å². The molecule has 1 amide bonds. The number of benzene rings is 1. The van der Waals surface area contributed by atoms with Crippen LogP contribution < -0.4 is 0 Å². The molecule has 18 heavy (non-hydrogen) atoms. The van der Waals surface area contributed by atoms with Crippen molar-refractivity contribution in [3.05, 3.63) is 34.1 Å². The van der Waals surface area contributed by atoms with Crippen molar-refractivity contribution in [3.63, 3.8) is 0 Å². The molecule has 1 aromatic rings. The molecule has 1 unspecified atom stereocenters. The molecule has 1 aromatic carbocycles. The molecule has 0 aliphatic rings. The first-order chi connectivity index (χ1) is 8.49. The van der Waals surface area contributed by atoms with Gasteiger partial charge < -0.3 is 4.90 Å². The zero-order chi connectivity index (χ0) is 13.7. The first-order valence-corrected chi connectivity index (χ1v) is 7.87. The van der Waals surface area contributed by atoms with Crippen LogP contribution in [0, 0.1) is 5.82 Å². The van der Waals surface area contributed by atoms with Crippen LogP contribution in [0.5, 0.6) is 0 Å². The third kappa shape index (κ3) is 3.72. The van der Waals surface area contributed by atoms with Gasteiger partial charge in [-0.1, -0.05) is 6.07 Å². The Morgan fingerprint density at radius 3 is 2.78 bits per heavy atom. The summed E-state index contributed by atoms with van der Waals surface area (Å²) in [6, 6.07) is 4.65. The highest BCUT2D eigenvalue weighted by molar-refractivity contribution is 9.10. The molecule has 2 nitrogen and oxygen atoms in total. The standard InChI is InChI=1S/C13H17BrFNOS/c1-9(7-8-18-3)16(2)13(17)12-10(14)5-4-6-11(12)15/h4-6,9H,7-8H2,1-3H3. The zero-order valence-electron chi connectivity index (χ0n) is 10.7. The molecule has 0 radical (unpaired) electrons. The van der Waals surface area contributed by atoms with E-state index in [0.717, 1.165) is 12.2 Å². The monoisotopic (exact) mass is 333 g/mol. The topological polar surface area (TPSA) is 20.3 Å². The molecular weight excluding hydrogens is 317 g/mol. The summed E-state index contributed by atoms with van der Waals surface area (Å²) >= 11 is 4.97. The van der Waals surface area contributed by atoms with Crippen LogP contribution >= 0.6 is 27.7 Å². The van der Waals surface area contributed by atoms with Gasteiger partial charge in [0.05, 0.1) is 5.56 Å². The van der Waals surface area contributed by atoms with Gasteiger partial charge in [0.15, 0.2) is 0 Å². The predicted octanol–water partition coefficient (Wildman–Crippen LogP) is 3.80. The average molecular weight is 334 g/mol. The van der Waals surface area contributed by atoms with E-state index < -0.39 is 5.82 Å². The second-order valence-corrected chi connectivity index (χ2v) is 5.98. The van der Waals surface area contributed by atoms with Crippen molar-refractivity contribution in [1.82, 2.24) is 4.90 Å². The molecule has 0 aliphatic carbocycles. The van der Waals surface area contributed by atoms with Crippen LogP contribution in [-0.2, 0) is 0 Å². The summed E-state index contributed by atoms with van der Waals surface area (Å²) in [7, 11) is 1.71. The maximum Gasteiger partial charge on any atom is 0.257 e. The number of amides is 1. The van der Waals surface area contributed by atoms with Crippen LogP contribution in [0.2, 0.25) is 0 Å². The van der Waals surface area contributed by atoms with Gasteiger partial charge in [0.2, 0.25) is 0 Å². The third-order valence-corrected chi connectivity index (χ3v) is 4.20. The van der Waals surface area contributed by atoms with Gasteiger partial charge in [-0.3, -0.25) is 4.79 Å². The largest absolute Gasteiger partial charge is 0.339 e. The fourth-order valence-electron chi connectivity index (χ4n) is 1.56. The number of hydrogen-bond acceptors (Lipinski definition) is 2. The highest BCUT2D eigenvalue weighted by Crippen LogP contribution is 2.22. The summed E-state index contributed by atoms with van der Waals surface area (Å²) in [6.45, 7) is 1.98. The molecule has 0 heterocycles. The fraction of sp³-hybridized carbons (Fsp3) is 0.462. The summed E-state index contributed by atoms with van der Waals surface area (Å²) in [5.41, 5.74) is 0.107. The van der Waals surface area contributed by atoms with E-state index >= 15 is 0 Å². The maximum absolute atomic E-state index is 13.7. The molecule has 0 aliphatic heterocycles. The second-order valence-electron chi connectivity index (χ2n) is 4.14. The quantitative estimate of drug-likeness (QED) is 0.816. The van der Waals surface area contributed by atoms with Crippen LogP contribution in [-0.4, -0.2) is 35.9 Å². The molecule has 0 bridgehead atoms. The number of hydrogen-bond donors (Lipinski definition) is 0. The minimum atomic E-state index is -0.488. The number of carbonyl (C=O) groups is 1. The minimum Gasteiger partial charge on any atom is -0.339 e. The van der Waals surface area contributed by atoms with Gasteiger partial charge in [-0.15, -0.1) is 0 Å². The molecule has 0 aromatic heterocycles. The van der Waals surface area contributed by atoms with Gasteiger partial charge in [0.25, 0.3) is 5.91 Å². The minimum absolute atomic E-state index is 0.0939. The molecule has 1 atom stereocenters. The molecule has 5 heteroatoms. The van der Waals surface area contributed by atoms with Crippen LogP contribution in [0.15, 0.2) is 22.7 Å². The first kappa shape index (κ1) is 15.5. The van der Waals surface area contributed by atoms with Crippen molar-refractivity contribution in [3.8, 4) is 0 Å². The van der Waals surface area contributed by atoms with Gasteiger partial charge in [-0.25, -0.2) is 4.39 Å². The van der Waals surface area contributed by atoms with E-state index in [4.69, 9.17) is 0 Å². The summed E-state index contributed by atoms with van der Waals surface area (Å²) < 4.78 is 14.2. The van der Waals surface area contributed by atoms with E-state index in [1.165, 1.54) is 6.07 Å². The lowest BCUT2D eigenvalue weighted by atomic mass is 10.1. The van der Waals surface area contributed by atoms with Crippen molar-refractivity contribution >= 4 is 33.6 Å². The van der Waals surface area contributed by atoms with E-state index in [0.29, 0.717) is 4.47 Å². The van der Waals surface area contributed by atoms with Gasteiger partial charge in [-0.05, 0) is 53.4 Å². The Morgan fingerprint density at radius 1 is 1.56 bits per heavy atom. The van der Waals surface area contributed by atoms with Crippen molar-refractivity contribution < 1.29 is 9.18 Å². The van der Waals surface area contributed by atoms with Crippen LogP contribution in [0.3, 0.4) is 0 Å². The lowest BCUT2D eigenvalue weighted by Gasteiger charge is -2.25. The number of nitrogens with zero attached hydrogens (tertiary/aromatic N) is 1. The number of thioether (sulfide) groups is 1. The Bertz CT molecular complexity index is 407. The van der Waals surface area contributed by atoms with Gasteiger partial charge in [0, 0.05) is 17.6 Å². The number of halogens is 2. The fourth-order valence-corrected chi connectivity index (χ4v) is 2.65. The highest BCUT2D eigenvalue weighted by Gasteiger charge is 2.22. The number of carbonyl (C=O) groups excluding carboxylic acids is 1. The lowest BCUT2D eigenvalue weighted by molar-refractivity contribution is 0.0735. The normalized spacial score (nSPS) is 12.3. The molecule has 0 spiro atoms. The molecule has 1 rings (SSSR count). The molecule has 0 fully saturated rings. The van der Waals surface area contributed by atoms with Crippen LogP contribution in [0.25, 0.3) is 0 Å². The molecule has 0 saturated heterocycles. The Labute approximate surface area is 120 Å². The van der Waals surface area contributed by atoms with E-state index in [2.05, 4.69) is 15.9 Å². The van der Waals surface area contributed by atoms with Crippen molar-refractivity contribution in [1.29, 1.82) is 0 Å². The lowest BCUT2D eigenvalue weighted by Crippen LogP contribution is -2.36. The summed E-state index contributed by atoms with van der Waals surface area (Å²) in [5.74, 6) is 0.212. The molecule has 100 valence electrons. The molecule has 0 N–H and O–H groups in total. The highest BCUT2D eigenvalue weighted by atomic mass is 79.9. The third-order valence-electron chi connectivity index (χ3n) is 2.90. The van der Waals surface area contributed by atoms with Crippen molar-refractivity contribution in [2.45, 2.75) is 19.4 Å². The predicted molar refractivity (Wildman–Crippen MR) is 78.7 cm³/mol.